The second-order valence-electron chi connectivity index (χ2n) is 2.84. The van der Waals surface area contributed by atoms with E-state index in [1.54, 1.807) is 19.1 Å². The molecule has 0 heterocycles. The highest BCUT2D eigenvalue weighted by Gasteiger charge is 2.17. The molecule has 0 aliphatic rings. The number of carbonyl (C=O) groups excluding carboxylic acids is 1. The van der Waals surface area contributed by atoms with E-state index < -0.39 is 5.97 Å². The van der Waals surface area contributed by atoms with Gasteiger partial charge in [-0.25, -0.2) is 4.79 Å². The Hall–Kier alpha value is -1.29. The van der Waals surface area contributed by atoms with Crippen LogP contribution in [0.1, 0.15) is 22.8 Å². The summed E-state index contributed by atoms with van der Waals surface area (Å²) in [5, 5.41) is 8.98. The summed E-state index contributed by atoms with van der Waals surface area (Å²) in [6.45, 7) is 2.04. The van der Waals surface area contributed by atoms with Crippen molar-refractivity contribution in [2.24, 2.45) is 0 Å². The third kappa shape index (κ3) is 2.44. The maximum Gasteiger partial charge on any atom is 0.339 e. The second kappa shape index (κ2) is 5.70. The molecule has 0 radical (unpaired) electrons. The predicted molar refractivity (Wildman–Crippen MR) is 66.4 cm³/mol. The van der Waals surface area contributed by atoms with Crippen molar-refractivity contribution in [1.29, 1.82) is 5.26 Å². The van der Waals surface area contributed by atoms with E-state index >= 15 is 0 Å². The molecule has 0 spiro atoms. The van der Waals surface area contributed by atoms with E-state index in [0.717, 1.165) is 0 Å². The number of methoxy groups -OCH3 is 1. The minimum Gasteiger partial charge on any atom is -0.495 e. The average molecular weight is 331 g/mol. The molecule has 0 saturated carbocycles. The molecule has 1 rings (SSSR count). The maximum atomic E-state index is 11.6. The second-order valence-corrected chi connectivity index (χ2v) is 3.92. The van der Waals surface area contributed by atoms with Gasteiger partial charge in [0.2, 0.25) is 0 Å². The van der Waals surface area contributed by atoms with Crippen LogP contribution in [0.15, 0.2) is 12.1 Å². The molecule has 5 heteroatoms. The first-order chi connectivity index (χ1) is 7.65. The average Bonchev–Trinajstić information content (AvgIpc) is 2.28. The lowest BCUT2D eigenvalue weighted by Gasteiger charge is -2.08. The number of halogens is 1. The quantitative estimate of drug-likeness (QED) is 0.630. The number of hydrogen-bond acceptors (Lipinski definition) is 4. The van der Waals surface area contributed by atoms with Gasteiger partial charge in [0, 0.05) is 3.57 Å². The normalized spacial score (nSPS) is 9.38. The molecular formula is C11H10INO3. The SMILES string of the molecule is CCOC(=O)c1ccc(OC)c(C#N)c1I. The van der Waals surface area contributed by atoms with Crippen molar-refractivity contribution in [3.63, 3.8) is 0 Å². The van der Waals surface area contributed by atoms with Crippen molar-refractivity contribution in [1.82, 2.24) is 0 Å². The first-order valence-electron chi connectivity index (χ1n) is 4.59. The van der Waals surface area contributed by atoms with Crippen LogP contribution >= 0.6 is 22.6 Å². The first-order valence-corrected chi connectivity index (χ1v) is 5.67. The van der Waals surface area contributed by atoms with Gasteiger partial charge in [0.15, 0.2) is 0 Å². The molecule has 1 aromatic rings. The lowest BCUT2D eigenvalue weighted by molar-refractivity contribution is 0.0525. The summed E-state index contributed by atoms with van der Waals surface area (Å²) in [6, 6.07) is 5.20. The molecule has 0 bridgehead atoms. The summed E-state index contributed by atoms with van der Waals surface area (Å²) in [5.41, 5.74) is 0.744. The van der Waals surface area contributed by atoms with Gasteiger partial charge >= 0.3 is 5.97 Å². The fourth-order valence-corrected chi connectivity index (χ4v) is 1.99. The molecule has 0 aliphatic carbocycles. The Morgan fingerprint density at radius 2 is 2.25 bits per heavy atom. The molecule has 0 aromatic heterocycles. The monoisotopic (exact) mass is 331 g/mol. The number of ether oxygens (including phenoxy) is 2. The van der Waals surface area contributed by atoms with Gasteiger partial charge in [0.1, 0.15) is 17.4 Å². The number of rotatable bonds is 3. The molecule has 0 saturated heterocycles. The Morgan fingerprint density at radius 1 is 1.56 bits per heavy atom. The highest BCUT2D eigenvalue weighted by molar-refractivity contribution is 14.1. The summed E-state index contributed by atoms with van der Waals surface area (Å²) >= 11 is 1.94. The Bertz CT molecular complexity index is 451. The number of carbonyl (C=O) groups is 1. The zero-order chi connectivity index (χ0) is 12.1. The fourth-order valence-electron chi connectivity index (χ4n) is 1.20. The lowest BCUT2D eigenvalue weighted by atomic mass is 10.1. The largest absolute Gasteiger partial charge is 0.495 e. The Labute approximate surface area is 107 Å². The van der Waals surface area contributed by atoms with E-state index in [1.807, 2.05) is 28.7 Å². The highest BCUT2D eigenvalue weighted by Crippen LogP contribution is 2.26. The van der Waals surface area contributed by atoms with E-state index in [-0.39, 0.29) is 0 Å². The molecule has 0 atom stereocenters. The Morgan fingerprint density at radius 3 is 2.75 bits per heavy atom. The molecule has 0 fully saturated rings. The Balaban J connectivity index is 3.25. The van der Waals surface area contributed by atoms with Gasteiger partial charge in [-0.3, -0.25) is 0 Å². The number of benzene rings is 1. The molecule has 1 aromatic carbocycles. The van der Waals surface area contributed by atoms with Crippen molar-refractivity contribution in [2.75, 3.05) is 13.7 Å². The van der Waals surface area contributed by atoms with Gasteiger partial charge in [-0.1, -0.05) is 0 Å². The molecule has 4 nitrogen and oxygen atoms in total. The number of esters is 1. The van der Waals surface area contributed by atoms with Gasteiger partial charge in [-0.15, -0.1) is 0 Å². The van der Waals surface area contributed by atoms with E-state index in [0.29, 0.717) is 27.1 Å². The van der Waals surface area contributed by atoms with Crippen molar-refractivity contribution in [2.45, 2.75) is 6.92 Å². The topological polar surface area (TPSA) is 59.3 Å². The molecule has 0 aliphatic heterocycles. The van der Waals surface area contributed by atoms with E-state index in [4.69, 9.17) is 14.7 Å². The van der Waals surface area contributed by atoms with Crippen LogP contribution < -0.4 is 4.74 Å². The molecule has 16 heavy (non-hydrogen) atoms. The predicted octanol–water partition coefficient (Wildman–Crippen LogP) is 2.35. The van der Waals surface area contributed by atoms with Crippen molar-refractivity contribution >= 4 is 28.6 Å². The Kier molecular flexibility index (Phi) is 4.55. The van der Waals surface area contributed by atoms with Crippen LogP contribution in [-0.4, -0.2) is 19.7 Å². The zero-order valence-corrected chi connectivity index (χ0v) is 11.1. The maximum absolute atomic E-state index is 11.6. The minimum atomic E-state index is -0.425. The molecule has 0 N–H and O–H groups in total. The van der Waals surface area contributed by atoms with Gasteiger partial charge in [-0.2, -0.15) is 5.26 Å². The van der Waals surface area contributed by atoms with Gasteiger partial charge in [-0.05, 0) is 41.6 Å². The van der Waals surface area contributed by atoms with Crippen LogP contribution in [0.3, 0.4) is 0 Å². The van der Waals surface area contributed by atoms with E-state index in [9.17, 15) is 4.79 Å². The van der Waals surface area contributed by atoms with Crippen molar-refractivity contribution in [3.8, 4) is 11.8 Å². The number of hydrogen-bond donors (Lipinski definition) is 0. The third-order valence-corrected chi connectivity index (χ3v) is 3.05. The molecular weight excluding hydrogens is 321 g/mol. The minimum absolute atomic E-state index is 0.308. The number of nitrogens with zero attached hydrogens (tertiary/aromatic N) is 1. The van der Waals surface area contributed by atoms with Crippen molar-refractivity contribution < 1.29 is 14.3 Å². The smallest absolute Gasteiger partial charge is 0.339 e. The zero-order valence-electron chi connectivity index (χ0n) is 8.91. The summed E-state index contributed by atoms with van der Waals surface area (Å²) in [6.07, 6.45) is 0. The fraction of sp³-hybridized carbons (Fsp3) is 0.273. The van der Waals surface area contributed by atoms with Gasteiger partial charge in [0.05, 0.1) is 19.3 Å². The highest BCUT2D eigenvalue weighted by atomic mass is 127. The van der Waals surface area contributed by atoms with Crippen LogP contribution in [-0.2, 0) is 4.74 Å². The molecule has 0 amide bonds. The molecule has 84 valence electrons. The van der Waals surface area contributed by atoms with Gasteiger partial charge < -0.3 is 9.47 Å². The van der Waals surface area contributed by atoms with E-state index in [1.165, 1.54) is 7.11 Å². The van der Waals surface area contributed by atoms with Gasteiger partial charge in [0.25, 0.3) is 0 Å². The molecule has 0 unspecified atom stereocenters. The van der Waals surface area contributed by atoms with Crippen LogP contribution in [0.25, 0.3) is 0 Å². The van der Waals surface area contributed by atoms with Crippen molar-refractivity contribution in [3.05, 3.63) is 26.8 Å². The first kappa shape index (κ1) is 12.8. The van der Waals surface area contributed by atoms with Crippen LogP contribution in [0.5, 0.6) is 5.75 Å². The lowest BCUT2D eigenvalue weighted by Crippen LogP contribution is -2.08. The summed E-state index contributed by atoms with van der Waals surface area (Å²) in [5.74, 6) is 0.0333. The van der Waals surface area contributed by atoms with E-state index in [2.05, 4.69) is 0 Å². The van der Waals surface area contributed by atoms with Crippen LogP contribution in [0.2, 0.25) is 0 Å². The number of nitriles is 1. The van der Waals surface area contributed by atoms with Crippen LogP contribution in [0, 0.1) is 14.9 Å². The third-order valence-electron chi connectivity index (χ3n) is 1.93. The summed E-state index contributed by atoms with van der Waals surface area (Å²) in [7, 11) is 1.48. The standard InChI is InChI=1S/C11H10INO3/c1-3-16-11(14)7-4-5-9(15-2)8(6-13)10(7)12/h4-5H,3H2,1-2H3. The van der Waals surface area contributed by atoms with Crippen LogP contribution in [0.4, 0.5) is 0 Å². The summed E-state index contributed by atoms with van der Waals surface area (Å²) in [4.78, 5) is 11.6. The summed E-state index contributed by atoms with van der Waals surface area (Å²) < 4.78 is 10.5.